The van der Waals surface area contributed by atoms with Crippen LogP contribution in [-0.4, -0.2) is 37.4 Å². The van der Waals surface area contributed by atoms with Gasteiger partial charge in [-0.2, -0.15) is 5.26 Å². The average Bonchev–Trinajstić information content (AvgIpc) is 3.69. The first kappa shape index (κ1) is 24.6. The van der Waals surface area contributed by atoms with Crippen molar-refractivity contribution in [3.63, 3.8) is 0 Å². The fourth-order valence-corrected chi connectivity index (χ4v) is 1.82. The summed E-state index contributed by atoms with van der Waals surface area (Å²) >= 11 is 0. The van der Waals surface area contributed by atoms with E-state index in [4.69, 9.17) is 19.5 Å². The van der Waals surface area contributed by atoms with Crippen LogP contribution in [0.3, 0.4) is 0 Å². The molecule has 158 valence electrons. The van der Waals surface area contributed by atoms with Crippen molar-refractivity contribution in [2.45, 2.75) is 31.5 Å². The van der Waals surface area contributed by atoms with Crippen molar-refractivity contribution in [3.05, 3.63) is 79.4 Å². The Morgan fingerprint density at radius 2 is 1.87 bits per heavy atom. The third-order valence-corrected chi connectivity index (χ3v) is 3.63. The number of benzene rings is 1. The SMILES string of the molecule is C=C(CC=Cc1ccccc1)C(=O)OCC1CO1.C=CC#N.C=CC(=O)OC1CC1. The van der Waals surface area contributed by atoms with Crippen LogP contribution in [0, 0.1) is 11.3 Å². The molecule has 3 rings (SSSR count). The topological polar surface area (TPSA) is 88.9 Å². The van der Waals surface area contributed by atoms with Gasteiger partial charge in [0.25, 0.3) is 0 Å². The minimum atomic E-state index is -0.344. The van der Waals surface area contributed by atoms with Crippen molar-refractivity contribution in [2.75, 3.05) is 13.2 Å². The second-order valence-corrected chi connectivity index (χ2v) is 6.35. The smallest absolute Gasteiger partial charge is 0.333 e. The van der Waals surface area contributed by atoms with Crippen LogP contribution in [0.5, 0.6) is 0 Å². The molecule has 0 radical (unpaired) electrons. The van der Waals surface area contributed by atoms with Crippen LogP contribution < -0.4 is 0 Å². The van der Waals surface area contributed by atoms with Gasteiger partial charge in [0.2, 0.25) is 0 Å². The Kier molecular flexibility index (Phi) is 11.9. The van der Waals surface area contributed by atoms with Crippen LogP contribution in [0.25, 0.3) is 6.08 Å². The second-order valence-electron chi connectivity index (χ2n) is 6.35. The Labute approximate surface area is 177 Å². The molecule has 0 bridgehead atoms. The molecule has 1 aliphatic carbocycles. The second kappa shape index (κ2) is 14.6. The first-order valence-electron chi connectivity index (χ1n) is 9.51. The zero-order valence-corrected chi connectivity index (χ0v) is 17.0. The Bertz CT molecular complexity index is 784. The van der Waals surface area contributed by atoms with Crippen molar-refractivity contribution in [1.29, 1.82) is 5.26 Å². The number of epoxide rings is 1. The van der Waals surface area contributed by atoms with E-state index in [-0.39, 0.29) is 24.1 Å². The summed E-state index contributed by atoms with van der Waals surface area (Å²) < 4.78 is 14.7. The van der Waals surface area contributed by atoms with Crippen molar-refractivity contribution < 1.29 is 23.8 Å². The molecule has 30 heavy (non-hydrogen) atoms. The molecule has 0 N–H and O–H groups in total. The van der Waals surface area contributed by atoms with Gasteiger partial charge in [-0.25, -0.2) is 9.59 Å². The maximum absolute atomic E-state index is 11.5. The maximum atomic E-state index is 11.5. The summed E-state index contributed by atoms with van der Waals surface area (Å²) in [5.74, 6) is -0.643. The molecule has 1 atom stereocenters. The molecule has 6 heteroatoms. The fraction of sp³-hybridized carbons (Fsp3) is 0.292. The van der Waals surface area contributed by atoms with Gasteiger partial charge < -0.3 is 14.2 Å². The molecule has 1 aromatic carbocycles. The van der Waals surface area contributed by atoms with E-state index in [0.29, 0.717) is 25.2 Å². The van der Waals surface area contributed by atoms with E-state index in [1.54, 1.807) is 6.07 Å². The monoisotopic (exact) mass is 409 g/mol. The molecule has 6 nitrogen and oxygen atoms in total. The van der Waals surface area contributed by atoms with Crippen molar-refractivity contribution in [1.82, 2.24) is 0 Å². The molecule has 1 heterocycles. The normalized spacial score (nSPS) is 15.8. The van der Waals surface area contributed by atoms with Gasteiger partial charge in [-0.05, 0) is 24.8 Å². The number of hydrogen-bond donors (Lipinski definition) is 0. The predicted octanol–water partition coefficient (Wildman–Crippen LogP) is 4.16. The molecule has 1 aromatic rings. The summed E-state index contributed by atoms with van der Waals surface area (Å²) in [4.78, 5) is 21.8. The largest absolute Gasteiger partial charge is 0.459 e. The zero-order chi connectivity index (χ0) is 22.2. The van der Waals surface area contributed by atoms with Crippen molar-refractivity contribution >= 4 is 18.0 Å². The standard InChI is InChI=1S/C15H16O3.C6H8O2.C3H3N/c1-12(15(16)18-11-14-10-17-14)6-5-9-13-7-3-2-4-8-13;1-2-6(7)8-5-3-4-5;1-2-3-4/h2-5,7-9,14H,1,6,10-11H2;2,5H,1,3-4H2;2H,1H2. The van der Waals surface area contributed by atoms with E-state index in [9.17, 15) is 9.59 Å². The van der Waals surface area contributed by atoms with Gasteiger partial charge in [0, 0.05) is 17.7 Å². The molecule has 1 aliphatic heterocycles. The first-order chi connectivity index (χ1) is 14.5. The van der Waals surface area contributed by atoms with Gasteiger partial charge in [0.1, 0.15) is 18.8 Å². The molecule has 0 amide bonds. The number of rotatable bonds is 8. The lowest BCUT2D eigenvalue weighted by Crippen LogP contribution is -2.11. The molecule has 1 saturated heterocycles. The molecular formula is C24H27NO5. The average molecular weight is 409 g/mol. The number of hydrogen-bond acceptors (Lipinski definition) is 6. The van der Waals surface area contributed by atoms with Crippen LogP contribution >= 0.6 is 0 Å². The lowest BCUT2D eigenvalue weighted by atomic mass is 10.1. The van der Waals surface area contributed by atoms with E-state index in [1.807, 2.05) is 42.5 Å². The zero-order valence-electron chi connectivity index (χ0n) is 17.0. The molecule has 2 aliphatic rings. The van der Waals surface area contributed by atoms with Gasteiger partial charge in [-0.1, -0.05) is 62.2 Å². The number of nitriles is 1. The summed E-state index contributed by atoms with van der Waals surface area (Å²) in [7, 11) is 0. The molecule has 0 spiro atoms. The van der Waals surface area contributed by atoms with Crippen molar-refractivity contribution in [2.24, 2.45) is 0 Å². The highest BCUT2D eigenvalue weighted by atomic mass is 16.6. The summed E-state index contributed by atoms with van der Waals surface area (Å²) in [6.07, 6.45) is 9.10. The number of carbonyl (C=O) groups is 2. The lowest BCUT2D eigenvalue weighted by Gasteiger charge is -2.03. The van der Waals surface area contributed by atoms with Crippen LogP contribution in [0.2, 0.25) is 0 Å². The van der Waals surface area contributed by atoms with E-state index >= 15 is 0 Å². The number of ether oxygens (including phenoxy) is 3. The third kappa shape index (κ3) is 12.9. The van der Waals surface area contributed by atoms with Crippen LogP contribution in [0.15, 0.2) is 73.9 Å². The Morgan fingerprint density at radius 3 is 2.37 bits per heavy atom. The van der Waals surface area contributed by atoms with Crippen LogP contribution in [0.1, 0.15) is 24.8 Å². The van der Waals surface area contributed by atoms with E-state index in [1.165, 1.54) is 12.2 Å². The van der Waals surface area contributed by atoms with Crippen LogP contribution in [0.4, 0.5) is 0 Å². The fourth-order valence-electron chi connectivity index (χ4n) is 1.82. The third-order valence-electron chi connectivity index (χ3n) is 3.63. The molecule has 1 unspecified atom stereocenters. The predicted molar refractivity (Wildman–Crippen MR) is 115 cm³/mol. The van der Waals surface area contributed by atoms with E-state index in [2.05, 4.69) is 19.7 Å². The number of allylic oxidation sites excluding steroid dienone is 2. The summed E-state index contributed by atoms with van der Waals surface area (Å²) in [5.41, 5.74) is 1.56. The Hall–Kier alpha value is -3.43. The highest BCUT2D eigenvalue weighted by Crippen LogP contribution is 2.23. The molecule has 2 fully saturated rings. The summed E-state index contributed by atoms with van der Waals surface area (Å²) in [6.45, 7) is 11.1. The van der Waals surface area contributed by atoms with Gasteiger partial charge in [0.15, 0.2) is 0 Å². The van der Waals surface area contributed by atoms with Gasteiger partial charge in [-0.3, -0.25) is 0 Å². The maximum Gasteiger partial charge on any atom is 0.333 e. The number of nitrogens with zero attached hydrogens (tertiary/aromatic N) is 1. The lowest BCUT2D eigenvalue weighted by molar-refractivity contribution is -0.140. The highest BCUT2D eigenvalue weighted by Gasteiger charge is 2.25. The molecular weight excluding hydrogens is 382 g/mol. The first-order valence-corrected chi connectivity index (χ1v) is 9.51. The summed E-state index contributed by atoms with van der Waals surface area (Å²) in [5, 5.41) is 7.51. The molecule has 0 aromatic heterocycles. The summed E-state index contributed by atoms with van der Waals surface area (Å²) in [6, 6.07) is 11.6. The number of carbonyl (C=O) groups excluding carboxylic acids is 2. The van der Waals surface area contributed by atoms with Crippen LogP contribution in [-0.2, 0) is 23.8 Å². The minimum absolute atomic E-state index is 0.0987. The molecule has 1 saturated carbocycles. The van der Waals surface area contributed by atoms with Gasteiger partial charge in [0.05, 0.1) is 12.7 Å². The minimum Gasteiger partial charge on any atom is -0.459 e. The van der Waals surface area contributed by atoms with Crippen molar-refractivity contribution in [3.8, 4) is 6.07 Å². The number of esters is 2. The highest BCUT2D eigenvalue weighted by molar-refractivity contribution is 5.88. The quantitative estimate of drug-likeness (QED) is 0.277. The Balaban J connectivity index is 0.000000309. The Morgan fingerprint density at radius 1 is 1.23 bits per heavy atom. The van der Waals surface area contributed by atoms with E-state index in [0.717, 1.165) is 18.4 Å². The van der Waals surface area contributed by atoms with Gasteiger partial charge in [-0.15, -0.1) is 0 Å². The van der Waals surface area contributed by atoms with E-state index < -0.39 is 0 Å². The van der Waals surface area contributed by atoms with Gasteiger partial charge >= 0.3 is 11.9 Å².